The molecule has 0 bridgehead atoms. The molecule has 1 amide bonds. The Morgan fingerprint density at radius 3 is 2.88 bits per heavy atom. The molecule has 1 heterocycles. The van der Waals surface area contributed by atoms with E-state index in [2.05, 4.69) is 30.4 Å². The number of hydrogen-bond acceptors (Lipinski definition) is 2. The Kier molecular flexibility index (Phi) is 2.97. The minimum atomic E-state index is 0.185. The maximum Gasteiger partial charge on any atom is 0.231 e. The summed E-state index contributed by atoms with van der Waals surface area (Å²) < 4.78 is 0. The van der Waals surface area contributed by atoms with Gasteiger partial charge in [-0.2, -0.15) is 0 Å². The zero-order chi connectivity index (χ0) is 11.7. The zero-order valence-electron chi connectivity index (χ0n) is 10.1. The van der Waals surface area contributed by atoms with E-state index in [1.54, 1.807) is 4.90 Å². The molecule has 1 aromatic rings. The molecule has 1 atom stereocenters. The van der Waals surface area contributed by atoms with Crippen molar-refractivity contribution in [2.75, 3.05) is 19.0 Å². The van der Waals surface area contributed by atoms with Gasteiger partial charge in [-0.05, 0) is 30.7 Å². The number of likely N-dealkylation sites (N-methyl/N-ethyl adjacent to an activating group) is 1. The highest BCUT2D eigenvalue weighted by molar-refractivity contribution is 6.00. The standard InChI is InChI=1S/C13H18N2O/c1-4-11(14-2)9-5-6-12-10(7-9)8-13(16)15(12)3/h5-7,11,14H,4,8H2,1-3H3. The maximum absolute atomic E-state index is 11.6. The summed E-state index contributed by atoms with van der Waals surface area (Å²) in [6.07, 6.45) is 1.60. The number of hydrogen-bond donors (Lipinski definition) is 1. The average molecular weight is 218 g/mol. The van der Waals surface area contributed by atoms with Crippen LogP contribution in [0.15, 0.2) is 18.2 Å². The number of fused-ring (bicyclic) bond motifs is 1. The summed E-state index contributed by atoms with van der Waals surface area (Å²) in [5, 5.41) is 3.28. The number of nitrogens with zero attached hydrogens (tertiary/aromatic N) is 1. The lowest BCUT2D eigenvalue weighted by Gasteiger charge is -2.16. The molecule has 86 valence electrons. The number of rotatable bonds is 3. The molecule has 0 radical (unpaired) electrons. The van der Waals surface area contributed by atoms with Crippen molar-refractivity contribution >= 4 is 11.6 Å². The van der Waals surface area contributed by atoms with Crippen LogP contribution < -0.4 is 10.2 Å². The summed E-state index contributed by atoms with van der Waals surface area (Å²) >= 11 is 0. The molecule has 0 saturated heterocycles. The van der Waals surface area contributed by atoms with Crippen molar-refractivity contribution in [3.8, 4) is 0 Å². The van der Waals surface area contributed by atoms with Crippen molar-refractivity contribution in [3.05, 3.63) is 29.3 Å². The molecular weight excluding hydrogens is 200 g/mol. The van der Waals surface area contributed by atoms with E-state index in [9.17, 15) is 4.79 Å². The predicted molar refractivity (Wildman–Crippen MR) is 65.6 cm³/mol. The average Bonchev–Trinajstić information content (AvgIpc) is 2.56. The molecule has 0 spiro atoms. The van der Waals surface area contributed by atoms with E-state index in [4.69, 9.17) is 0 Å². The van der Waals surface area contributed by atoms with Gasteiger partial charge in [0.2, 0.25) is 5.91 Å². The summed E-state index contributed by atoms with van der Waals surface area (Å²) in [6, 6.07) is 6.70. The highest BCUT2D eigenvalue weighted by Gasteiger charge is 2.24. The fourth-order valence-corrected chi connectivity index (χ4v) is 2.31. The molecule has 3 nitrogen and oxygen atoms in total. The Morgan fingerprint density at radius 1 is 1.50 bits per heavy atom. The topological polar surface area (TPSA) is 32.3 Å². The monoisotopic (exact) mass is 218 g/mol. The van der Waals surface area contributed by atoms with Gasteiger partial charge in [0.1, 0.15) is 0 Å². The van der Waals surface area contributed by atoms with Gasteiger partial charge in [-0.25, -0.2) is 0 Å². The van der Waals surface area contributed by atoms with Crippen molar-refractivity contribution in [2.24, 2.45) is 0 Å². The molecule has 0 saturated carbocycles. The molecule has 3 heteroatoms. The molecule has 1 aliphatic rings. The second-order valence-electron chi connectivity index (χ2n) is 4.27. The number of amides is 1. The van der Waals surface area contributed by atoms with Crippen LogP contribution in [0.5, 0.6) is 0 Å². The van der Waals surface area contributed by atoms with E-state index >= 15 is 0 Å². The third kappa shape index (κ3) is 1.71. The molecule has 0 fully saturated rings. The quantitative estimate of drug-likeness (QED) is 0.840. The molecule has 1 unspecified atom stereocenters. The van der Waals surface area contributed by atoms with Crippen molar-refractivity contribution in [1.29, 1.82) is 0 Å². The van der Waals surface area contributed by atoms with Crippen LogP contribution in [0.4, 0.5) is 5.69 Å². The van der Waals surface area contributed by atoms with Crippen molar-refractivity contribution in [3.63, 3.8) is 0 Å². The summed E-state index contributed by atoms with van der Waals surface area (Å²) in [5.74, 6) is 0.185. The fraction of sp³-hybridized carbons (Fsp3) is 0.462. The van der Waals surface area contributed by atoms with Gasteiger partial charge < -0.3 is 10.2 Å². The molecule has 1 aliphatic heterocycles. The first-order valence-electron chi connectivity index (χ1n) is 5.74. The summed E-state index contributed by atoms with van der Waals surface area (Å²) in [7, 11) is 3.81. The molecule has 0 aromatic heterocycles. The molecule has 16 heavy (non-hydrogen) atoms. The fourth-order valence-electron chi connectivity index (χ4n) is 2.31. The van der Waals surface area contributed by atoms with E-state index in [-0.39, 0.29) is 5.91 Å². The number of anilines is 1. The largest absolute Gasteiger partial charge is 0.315 e. The van der Waals surface area contributed by atoms with Crippen molar-refractivity contribution in [1.82, 2.24) is 5.32 Å². The Bertz CT molecular complexity index is 410. The molecular formula is C13H18N2O. The molecule has 1 N–H and O–H groups in total. The number of nitrogens with one attached hydrogen (secondary N) is 1. The zero-order valence-corrected chi connectivity index (χ0v) is 10.1. The second-order valence-corrected chi connectivity index (χ2v) is 4.27. The molecule has 1 aromatic carbocycles. The van der Waals surface area contributed by atoms with E-state index in [1.165, 1.54) is 5.56 Å². The van der Waals surface area contributed by atoms with E-state index in [1.807, 2.05) is 14.1 Å². The van der Waals surface area contributed by atoms with Crippen molar-refractivity contribution < 1.29 is 4.79 Å². The van der Waals surface area contributed by atoms with Crippen LogP contribution in [-0.2, 0) is 11.2 Å². The minimum absolute atomic E-state index is 0.185. The number of benzene rings is 1. The van der Waals surface area contributed by atoms with E-state index in [0.717, 1.165) is 17.7 Å². The Balaban J connectivity index is 2.35. The number of carbonyl (C=O) groups excluding carboxylic acids is 1. The predicted octanol–water partition coefficient (Wildman–Crippen LogP) is 1.88. The maximum atomic E-state index is 11.6. The smallest absolute Gasteiger partial charge is 0.231 e. The SMILES string of the molecule is CCC(NC)c1ccc2c(c1)CC(=O)N2C. The van der Waals surface area contributed by atoms with Gasteiger partial charge in [0.05, 0.1) is 6.42 Å². The van der Waals surface area contributed by atoms with Gasteiger partial charge in [0.15, 0.2) is 0 Å². The van der Waals surface area contributed by atoms with Crippen LogP contribution in [0.1, 0.15) is 30.5 Å². The normalized spacial score (nSPS) is 16.4. The van der Waals surface area contributed by atoms with Crippen LogP contribution in [0.2, 0.25) is 0 Å². The van der Waals surface area contributed by atoms with Crippen molar-refractivity contribution in [2.45, 2.75) is 25.8 Å². The van der Waals surface area contributed by atoms with Gasteiger partial charge in [0.25, 0.3) is 0 Å². The van der Waals surface area contributed by atoms with Gasteiger partial charge >= 0.3 is 0 Å². The third-order valence-electron chi connectivity index (χ3n) is 3.34. The van der Waals surface area contributed by atoms with Gasteiger partial charge in [-0.1, -0.05) is 19.1 Å². The van der Waals surface area contributed by atoms with Gasteiger partial charge in [-0.15, -0.1) is 0 Å². The molecule has 0 aliphatic carbocycles. The molecule has 2 rings (SSSR count). The van der Waals surface area contributed by atoms with Crippen LogP contribution >= 0.6 is 0 Å². The first-order chi connectivity index (χ1) is 7.67. The summed E-state index contributed by atoms with van der Waals surface area (Å²) in [6.45, 7) is 2.16. The Labute approximate surface area is 96.5 Å². The van der Waals surface area contributed by atoms with Crippen LogP contribution in [0.3, 0.4) is 0 Å². The van der Waals surface area contributed by atoms with Crippen LogP contribution in [0.25, 0.3) is 0 Å². The minimum Gasteiger partial charge on any atom is -0.315 e. The first kappa shape index (κ1) is 11.1. The van der Waals surface area contributed by atoms with E-state index < -0.39 is 0 Å². The summed E-state index contributed by atoms with van der Waals surface area (Å²) in [5.41, 5.74) is 3.48. The van der Waals surface area contributed by atoms with Crippen LogP contribution in [0, 0.1) is 0 Å². The van der Waals surface area contributed by atoms with Gasteiger partial charge in [-0.3, -0.25) is 4.79 Å². The lowest BCUT2D eigenvalue weighted by Crippen LogP contribution is -2.20. The lowest BCUT2D eigenvalue weighted by molar-refractivity contribution is -0.117. The Morgan fingerprint density at radius 2 is 2.25 bits per heavy atom. The lowest BCUT2D eigenvalue weighted by atomic mass is 10.0. The highest BCUT2D eigenvalue weighted by atomic mass is 16.2. The second kappa shape index (κ2) is 4.26. The van der Waals surface area contributed by atoms with Gasteiger partial charge in [0, 0.05) is 18.8 Å². The highest BCUT2D eigenvalue weighted by Crippen LogP contribution is 2.30. The van der Waals surface area contributed by atoms with Crippen LogP contribution in [-0.4, -0.2) is 20.0 Å². The first-order valence-corrected chi connectivity index (χ1v) is 5.74. The number of carbonyl (C=O) groups is 1. The summed E-state index contributed by atoms with van der Waals surface area (Å²) in [4.78, 5) is 13.3. The third-order valence-corrected chi connectivity index (χ3v) is 3.34. The van der Waals surface area contributed by atoms with E-state index in [0.29, 0.717) is 12.5 Å². The Hall–Kier alpha value is -1.35.